The summed E-state index contributed by atoms with van der Waals surface area (Å²) < 4.78 is 6.31. The van der Waals surface area contributed by atoms with Gasteiger partial charge in [0, 0.05) is 12.7 Å². The summed E-state index contributed by atoms with van der Waals surface area (Å²) in [5, 5.41) is 0.967. The summed E-state index contributed by atoms with van der Waals surface area (Å²) in [5.41, 5.74) is 1.63. The average molecular weight is 380 g/mol. The number of aromatic nitrogens is 2. The maximum absolute atomic E-state index is 6.00. The number of methoxy groups -OCH3 is 1. The first-order valence-corrected chi connectivity index (χ1v) is 7.21. The first-order valence-electron chi connectivity index (χ1n) is 5.26. The monoisotopic (exact) mass is 378 g/mol. The molecule has 19 heavy (non-hydrogen) atoms. The molecule has 0 amide bonds. The van der Waals surface area contributed by atoms with Crippen LogP contribution in [0.1, 0.15) is 5.69 Å². The number of H-pyrrole nitrogens is 1. The molecule has 0 bridgehead atoms. The number of ether oxygens (including phenoxy) is 1. The van der Waals surface area contributed by atoms with Crippen molar-refractivity contribution in [1.29, 1.82) is 0 Å². The molecule has 0 unspecified atom stereocenters. The van der Waals surface area contributed by atoms with Gasteiger partial charge in [-0.15, -0.1) is 0 Å². The van der Waals surface area contributed by atoms with Crippen molar-refractivity contribution in [2.45, 2.75) is 6.61 Å². The molecule has 0 radical (unpaired) electrons. The molecule has 1 heterocycles. The molecular formula is C12H9BrCl2N2OS. The van der Waals surface area contributed by atoms with Gasteiger partial charge in [-0.1, -0.05) is 35.4 Å². The smallest absolute Gasteiger partial charge is 0.144 e. The van der Waals surface area contributed by atoms with Crippen molar-refractivity contribution in [3.8, 4) is 11.4 Å². The Morgan fingerprint density at radius 1 is 1.37 bits per heavy atom. The van der Waals surface area contributed by atoms with Gasteiger partial charge in [0.05, 0.1) is 26.8 Å². The molecule has 7 heteroatoms. The zero-order chi connectivity index (χ0) is 14.0. The van der Waals surface area contributed by atoms with Gasteiger partial charge in [-0.25, -0.2) is 4.98 Å². The third kappa shape index (κ3) is 3.35. The predicted molar refractivity (Wildman–Crippen MR) is 83.3 cm³/mol. The number of benzene rings is 1. The topological polar surface area (TPSA) is 37.9 Å². The Morgan fingerprint density at radius 2 is 2.11 bits per heavy atom. The number of halogens is 3. The lowest BCUT2D eigenvalue weighted by atomic mass is 10.2. The Kier molecular flexibility index (Phi) is 4.97. The molecule has 0 atom stereocenters. The van der Waals surface area contributed by atoms with Crippen LogP contribution in [-0.2, 0) is 11.3 Å². The van der Waals surface area contributed by atoms with Gasteiger partial charge >= 0.3 is 0 Å². The second kappa shape index (κ2) is 6.33. The van der Waals surface area contributed by atoms with Gasteiger partial charge in [-0.3, -0.25) is 0 Å². The fourth-order valence-corrected chi connectivity index (χ4v) is 2.34. The summed E-state index contributed by atoms with van der Waals surface area (Å²) in [6.45, 7) is 0.404. The van der Waals surface area contributed by atoms with E-state index in [-0.39, 0.29) is 0 Å². The number of nitrogens with one attached hydrogen (secondary N) is 1. The summed E-state index contributed by atoms with van der Waals surface area (Å²) in [6, 6.07) is 5.28. The molecule has 2 rings (SSSR count). The molecule has 0 aliphatic rings. The van der Waals surface area contributed by atoms with E-state index in [0.717, 1.165) is 15.7 Å². The van der Waals surface area contributed by atoms with E-state index in [2.05, 4.69) is 25.9 Å². The molecule has 0 saturated heterocycles. The van der Waals surface area contributed by atoms with Gasteiger partial charge in [0.25, 0.3) is 0 Å². The standard InChI is InChI=1S/C12H9BrCl2N2OS/c1-18-5-9-10(13)12(19)17-11(16-9)6-2-3-7(14)8(15)4-6/h2-4H,5H2,1H3,(H,16,17,19). The van der Waals surface area contributed by atoms with Crippen LogP contribution in [-0.4, -0.2) is 17.1 Å². The van der Waals surface area contributed by atoms with E-state index >= 15 is 0 Å². The minimum atomic E-state index is 0.404. The van der Waals surface area contributed by atoms with E-state index in [1.165, 1.54) is 0 Å². The zero-order valence-electron chi connectivity index (χ0n) is 9.84. The van der Waals surface area contributed by atoms with Gasteiger partial charge in [0.2, 0.25) is 0 Å². The fourth-order valence-electron chi connectivity index (χ4n) is 1.53. The van der Waals surface area contributed by atoms with Crippen molar-refractivity contribution in [3.05, 3.63) is 43.1 Å². The van der Waals surface area contributed by atoms with E-state index in [4.69, 9.17) is 40.2 Å². The van der Waals surface area contributed by atoms with Gasteiger partial charge in [-0.2, -0.15) is 0 Å². The van der Waals surface area contributed by atoms with E-state index < -0.39 is 0 Å². The minimum Gasteiger partial charge on any atom is -0.378 e. The molecule has 1 N–H and O–H groups in total. The average Bonchev–Trinajstić information content (AvgIpc) is 2.38. The number of nitrogens with zero attached hydrogens (tertiary/aromatic N) is 1. The maximum atomic E-state index is 6.00. The third-order valence-electron chi connectivity index (χ3n) is 2.42. The fraction of sp³-hybridized carbons (Fsp3) is 0.167. The number of rotatable bonds is 3. The molecule has 2 aromatic rings. The largest absolute Gasteiger partial charge is 0.378 e. The summed E-state index contributed by atoms with van der Waals surface area (Å²) in [6.07, 6.45) is 0. The van der Waals surface area contributed by atoms with Crippen molar-refractivity contribution >= 4 is 51.3 Å². The van der Waals surface area contributed by atoms with E-state index in [1.807, 2.05) is 6.07 Å². The van der Waals surface area contributed by atoms with Gasteiger partial charge in [0.1, 0.15) is 10.5 Å². The molecule has 100 valence electrons. The molecule has 0 saturated carbocycles. The normalized spacial score (nSPS) is 10.7. The minimum absolute atomic E-state index is 0.404. The van der Waals surface area contributed by atoms with Crippen LogP contribution >= 0.6 is 51.3 Å². The Hall–Kier alpha value is -0.460. The predicted octanol–water partition coefficient (Wildman–Crippen LogP) is 5.02. The number of aromatic amines is 1. The van der Waals surface area contributed by atoms with Crippen LogP contribution in [0.25, 0.3) is 11.4 Å². The van der Waals surface area contributed by atoms with Crippen LogP contribution in [0.15, 0.2) is 22.7 Å². The van der Waals surface area contributed by atoms with Crippen LogP contribution in [0.5, 0.6) is 0 Å². The Bertz CT molecular complexity index is 675. The quantitative estimate of drug-likeness (QED) is 0.760. The highest BCUT2D eigenvalue weighted by molar-refractivity contribution is 9.10. The molecular weight excluding hydrogens is 371 g/mol. The van der Waals surface area contributed by atoms with Crippen molar-refractivity contribution in [2.24, 2.45) is 0 Å². The maximum Gasteiger partial charge on any atom is 0.144 e. The number of hydrogen-bond acceptors (Lipinski definition) is 3. The lowest BCUT2D eigenvalue weighted by molar-refractivity contribution is 0.181. The molecule has 3 nitrogen and oxygen atoms in total. The second-order valence-corrected chi connectivity index (χ2v) is 5.74. The Balaban J connectivity index is 2.56. The molecule has 0 aliphatic heterocycles. The summed E-state index contributed by atoms with van der Waals surface area (Å²) >= 11 is 20.5. The van der Waals surface area contributed by atoms with Crippen molar-refractivity contribution in [3.63, 3.8) is 0 Å². The number of hydrogen-bond donors (Lipinski definition) is 1. The summed E-state index contributed by atoms with van der Waals surface area (Å²) in [7, 11) is 1.61. The van der Waals surface area contributed by atoms with Crippen molar-refractivity contribution < 1.29 is 4.74 Å². The van der Waals surface area contributed by atoms with E-state index in [9.17, 15) is 0 Å². The van der Waals surface area contributed by atoms with E-state index in [0.29, 0.717) is 27.1 Å². The molecule has 1 aromatic carbocycles. The van der Waals surface area contributed by atoms with Crippen LogP contribution in [0.3, 0.4) is 0 Å². The van der Waals surface area contributed by atoms with E-state index in [1.54, 1.807) is 19.2 Å². The summed E-state index contributed by atoms with van der Waals surface area (Å²) in [4.78, 5) is 7.48. The van der Waals surface area contributed by atoms with Crippen LogP contribution < -0.4 is 0 Å². The Morgan fingerprint density at radius 3 is 2.74 bits per heavy atom. The zero-order valence-corrected chi connectivity index (χ0v) is 13.8. The molecule has 1 aromatic heterocycles. The molecule has 0 spiro atoms. The third-order valence-corrected chi connectivity index (χ3v) is 4.57. The SMILES string of the molecule is COCc1[nH]c(-c2ccc(Cl)c(Cl)c2)nc(=S)c1Br. The van der Waals surface area contributed by atoms with Crippen LogP contribution in [0.2, 0.25) is 10.0 Å². The highest BCUT2D eigenvalue weighted by Gasteiger charge is 2.09. The van der Waals surface area contributed by atoms with Crippen molar-refractivity contribution in [2.75, 3.05) is 7.11 Å². The van der Waals surface area contributed by atoms with Gasteiger partial charge in [-0.05, 0) is 34.1 Å². The highest BCUT2D eigenvalue weighted by atomic mass is 79.9. The first-order chi connectivity index (χ1) is 9.02. The van der Waals surface area contributed by atoms with Crippen LogP contribution in [0.4, 0.5) is 0 Å². The van der Waals surface area contributed by atoms with Crippen LogP contribution in [0, 0.1) is 4.64 Å². The molecule has 0 fully saturated rings. The Labute approximate surface area is 134 Å². The van der Waals surface area contributed by atoms with Crippen molar-refractivity contribution in [1.82, 2.24) is 9.97 Å². The second-order valence-electron chi connectivity index (χ2n) is 3.74. The highest BCUT2D eigenvalue weighted by Crippen LogP contribution is 2.28. The van der Waals surface area contributed by atoms with Gasteiger partial charge < -0.3 is 9.72 Å². The van der Waals surface area contributed by atoms with Gasteiger partial charge in [0.15, 0.2) is 0 Å². The molecule has 0 aliphatic carbocycles. The first kappa shape index (κ1) is 14.9. The lowest BCUT2D eigenvalue weighted by Crippen LogP contribution is -1.99. The summed E-state index contributed by atoms with van der Waals surface area (Å²) in [5.74, 6) is 0.624. The lowest BCUT2D eigenvalue weighted by Gasteiger charge is -2.08.